The maximum Gasteiger partial charge on any atom is 0.160 e. The summed E-state index contributed by atoms with van der Waals surface area (Å²) in [5.41, 5.74) is 2.23. The Hall–Kier alpha value is -2.25. The predicted octanol–water partition coefficient (Wildman–Crippen LogP) is 4.98. The number of hydrogen-bond acceptors (Lipinski definition) is 3. The summed E-state index contributed by atoms with van der Waals surface area (Å²) in [6, 6.07) is 7.61. The lowest BCUT2D eigenvalue weighted by Crippen LogP contribution is -2.38. The van der Waals surface area contributed by atoms with Gasteiger partial charge in [-0.1, -0.05) is 42.2 Å². The van der Waals surface area contributed by atoms with Gasteiger partial charge in [0.15, 0.2) is 5.76 Å². The Bertz CT molecular complexity index is 749. The fraction of sp³-hybridized carbons (Fsp3) is 0.350. The van der Waals surface area contributed by atoms with Gasteiger partial charge in [0.25, 0.3) is 0 Å². The average Bonchev–Trinajstić information content (AvgIpc) is 2.56. The van der Waals surface area contributed by atoms with Crippen LogP contribution in [-0.4, -0.2) is 23.4 Å². The first-order chi connectivity index (χ1) is 11.8. The SMILES string of the molecule is C=C1C(Cl)=C(OCc2ccc(C#CCCF)cc2)C=NN1C(C)(C)C. The van der Waals surface area contributed by atoms with Crippen LogP contribution in [0.3, 0.4) is 0 Å². The topological polar surface area (TPSA) is 24.8 Å². The normalized spacial score (nSPS) is 14.4. The smallest absolute Gasteiger partial charge is 0.160 e. The molecule has 0 bridgehead atoms. The molecule has 0 aromatic heterocycles. The van der Waals surface area contributed by atoms with E-state index in [4.69, 9.17) is 16.3 Å². The maximum atomic E-state index is 12.0. The summed E-state index contributed by atoms with van der Waals surface area (Å²) in [6.07, 6.45) is 1.87. The lowest BCUT2D eigenvalue weighted by Gasteiger charge is -2.36. The van der Waals surface area contributed by atoms with E-state index in [9.17, 15) is 4.39 Å². The molecule has 3 nitrogen and oxygen atoms in total. The molecule has 0 radical (unpaired) electrons. The third-order valence-electron chi connectivity index (χ3n) is 3.45. The van der Waals surface area contributed by atoms with E-state index in [0.29, 0.717) is 23.1 Å². The third-order valence-corrected chi connectivity index (χ3v) is 3.86. The summed E-state index contributed by atoms with van der Waals surface area (Å²) >= 11 is 6.37. The Morgan fingerprint density at radius 3 is 2.56 bits per heavy atom. The van der Waals surface area contributed by atoms with Crippen LogP contribution in [0.5, 0.6) is 0 Å². The van der Waals surface area contributed by atoms with Crippen molar-refractivity contribution in [2.24, 2.45) is 5.10 Å². The number of hydrazone groups is 1. The van der Waals surface area contributed by atoms with Crippen LogP contribution in [0, 0.1) is 11.8 Å². The van der Waals surface area contributed by atoms with E-state index in [1.54, 1.807) is 11.2 Å². The first kappa shape index (κ1) is 19.1. The second-order valence-corrected chi connectivity index (χ2v) is 6.96. The van der Waals surface area contributed by atoms with Crippen molar-refractivity contribution in [2.45, 2.75) is 39.3 Å². The van der Waals surface area contributed by atoms with Crippen LogP contribution in [-0.2, 0) is 11.3 Å². The molecule has 25 heavy (non-hydrogen) atoms. The molecule has 1 aliphatic rings. The van der Waals surface area contributed by atoms with Crippen LogP contribution in [0.2, 0.25) is 0 Å². The van der Waals surface area contributed by atoms with E-state index in [2.05, 4.69) is 23.5 Å². The molecule has 1 aromatic rings. The van der Waals surface area contributed by atoms with Crippen molar-refractivity contribution in [2.75, 3.05) is 6.67 Å². The number of alkyl halides is 1. The van der Waals surface area contributed by atoms with Crippen LogP contribution in [0.4, 0.5) is 4.39 Å². The lowest BCUT2D eigenvalue weighted by atomic mass is 10.1. The Balaban J connectivity index is 2.00. The molecular formula is C20H22ClFN2O. The van der Waals surface area contributed by atoms with Gasteiger partial charge in [0.1, 0.15) is 18.3 Å². The summed E-state index contributed by atoms with van der Waals surface area (Å²) in [7, 11) is 0. The van der Waals surface area contributed by atoms with Crippen molar-refractivity contribution in [1.82, 2.24) is 5.01 Å². The summed E-state index contributed by atoms with van der Waals surface area (Å²) in [5.74, 6) is 6.18. The van der Waals surface area contributed by atoms with Gasteiger partial charge < -0.3 is 4.74 Å². The third kappa shape index (κ3) is 5.11. The van der Waals surface area contributed by atoms with E-state index in [1.807, 2.05) is 45.0 Å². The monoisotopic (exact) mass is 360 g/mol. The lowest BCUT2D eigenvalue weighted by molar-refractivity contribution is 0.180. The van der Waals surface area contributed by atoms with E-state index in [0.717, 1.165) is 11.1 Å². The Morgan fingerprint density at radius 2 is 1.96 bits per heavy atom. The minimum atomic E-state index is -0.422. The second kappa shape index (κ2) is 8.22. The highest BCUT2D eigenvalue weighted by Crippen LogP contribution is 2.31. The molecule has 132 valence electrons. The number of rotatable bonds is 4. The van der Waals surface area contributed by atoms with Gasteiger partial charge in [-0.25, -0.2) is 0 Å². The van der Waals surface area contributed by atoms with Crippen molar-refractivity contribution in [3.63, 3.8) is 0 Å². The predicted molar refractivity (Wildman–Crippen MR) is 101 cm³/mol. The van der Waals surface area contributed by atoms with E-state index < -0.39 is 6.67 Å². The zero-order valence-corrected chi connectivity index (χ0v) is 15.5. The van der Waals surface area contributed by atoms with Crippen LogP contribution in [0.15, 0.2) is 52.4 Å². The van der Waals surface area contributed by atoms with Gasteiger partial charge in [-0.15, -0.1) is 0 Å². The summed E-state index contributed by atoms with van der Waals surface area (Å²) in [4.78, 5) is 0. The zero-order valence-electron chi connectivity index (χ0n) is 14.8. The van der Waals surface area contributed by atoms with Crippen LogP contribution >= 0.6 is 11.6 Å². The molecule has 0 fully saturated rings. The summed E-state index contributed by atoms with van der Waals surface area (Å²) in [6.45, 7) is 10.0. The van der Waals surface area contributed by atoms with Crippen LogP contribution < -0.4 is 0 Å². The minimum Gasteiger partial charge on any atom is -0.486 e. The van der Waals surface area contributed by atoms with Gasteiger partial charge in [-0.3, -0.25) is 9.40 Å². The molecule has 1 aromatic carbocycles. The standard InChI is InChI=1S/C20H22ClFN2O/c1-15-19(21)18(13-23-24(15)20(2,3)4)25-14-17-10-8-16(9-11-17)7-5-6-12-22/h8-11,13H,1,6,12,14H2,2-4H3. The highest BCUT2D eigenvalue weighted by Gasteiger charge is 2.28. The largest absolute Gasteiger partial charge is 0.486 e. The average molecular weight is 361 g/mol. The van der Waals surface area contributed by atoms with E-state index >= 15 is 0 Å². The van der Waals surface area contributed by atoms with Gasteiger partial charge in [-0.05, 0) is 38.5 Å². The molecule has 0 saturated heterocycles. The van der Waals surface area contributed by atoms with Crippen molar-refractivity contribution < 1.29 is 9.13 Å². The van der Waals surface area contributed by atoms with Gasteiger partial charge in [0, 0.05) is 12.0 Å². The van der Waals surface area contributed by atoms with Gasteiger partial charge in [-0.2, -0.15) is 5.10 Å². The number of halogens is 2. The Kier molecular flexibility index (Phi) is 6.27. The van der Waals surface area contributed by atoms with Gasteiger partial charge in [0.05, 0.1) is 17.5 Å². The van der Waals surface area contributed by atoms with E-state index in [-0.39, 0.29) is 12.0 Å². The Labute approximate surface area is 153 Å². The first-order valence-electron chi connectivity index (χ1n) is 8.03. The van der Waals surface area contributed by atoms with Crippen molar-refractivity contribution in [3.8, 4) is 11.8 Å². The molecule has 1 aliphatic heterocycles. The quantitative estimate of drug-likeness (QED) is 0.707. The molecule has 5 heteroatoms. The molecule has 0 aliphatic carbocycles. The molecule has 0 atom stereocenters. The molecular weight excluding hydrogens is 339 g/mol. The van der Waals surface area contributed by atoms with Crippen LogP contribution in [0.1, 0.15) is 38.3 Å². The molecule has 0 unspecified atom stereocenters. The van der Waals surface area contributed by atoms with Crippen molar-refractivity contribution in [3.05, 3.63) is 58.5 Å². The molecule has 0 saturated carbocycles. The number of benzene rings is 1. The first-order valence-corrected chi connectivity index (χ1v) is 8.40. The number of allylic oxidation sites excluding steroid dienone is 2. The molecule has 1 heterocycles. The molecule has 0 N–H and O–H groups in total. The molecule has 0 amide bonds. The maximum absolute atomic E-state index is 12.0. The number of hydrogen-bond donors (Lipinski definition) is 0. The zero-order chi connectivity index (χ0) is 18.4. The summed E-state index contributed by atoms with van der Waals surface area (Å²) in [5, 5.41) is 6.60. The fourth-order valence-corrected chi connectivity index (χ4v) is 2.39. The van der Waals surface area contributed by atoms with Crippen molar-refractivity contribution in [1.29, 1.82) is 0 Å². The second-order valence-electron chi connectivity index (χ2n) is 6.58. The molecule has 2 rings (SSSR count). The van der Waals surface area contributed by atoms with Gasteiger partial charge in [0.2, 0.25) is 0 Å². The van der Waals surface area contributed by atoms with Crippen molar-refractivity contribution >= 4 is 17.8 Å². The highest BCUT2D eigenvalue weighted by atomic mass is 35.5. The fourth-order valence-electron chi connectivity index (χ4n) is 2.21. The molecule has 0 spiro atoms. The van der Waals surface area contributed by atoms with E-state index in [1.165, 1.54) is 0 Å². The minimum absolute atomic E-state index is 0.210. The number of ether oxygens (including phenoxy) is 1. The summed E-state index contributed by atoms with van der Waals surface area (Å²) < 4.78 is 17.8. The van der Waals surface area contributed by atoms with Gasteiger partial charge >= 0.3 is 0 Å². The Morgan fingerprint density at radius 1 is 1.28 bits per heavy atom. The van der Waals surface area contributed by atoms with Crippen LogP contribution in [0.25, 0.3) is 0 Å². The highest BCUT2D eigenvalue weighted by molar-refractivity contribution is 6.33. The number of nitrogens with zero attached hydrogens (tertiary/aromatic N) is 2.